The van der Waals surface area contributed by atoms with Crippen molar-refractivity contribution in [3.63, 3.8) is 0 Å². The first-order chi connectivity index (χ1) is 18.0. The number of aromatic hydroxyl groups is 1. The maximum atomic E-state index is 13.4. The Balaban J connectivity index is 1.36. The number of carbonyl (C=O) groups excluding carboxylic acids is 2. The zero-order valence-electron chi connectivity index (χ0n) is 20.7. The summed E-state index contributed by atoms with van der Waals surface area (Å²) in [5.74, 6) is 1.63. The number of hydrogen-bond acceptors (Lipinski definition) is 6. The second kappa shape index (κ2) is 10.7. The minimum Gasteiger partial charge on any atom is -0.508 e. The number of phenolic OH excluding ortho intramolecular Hbond substituents is 1. The molecule has 0 atom stereocenters. The molecular weight excluding hydrogens is 468 g/mol. The van der Waals surface area contributed by atoms with Gasteiger partial charge in [0.15, 0.2) is 5.82 Å². The van der Waals surface area contributed by atoms with Gasteiger partial charge in [0.2, 0.25) is 5.91 Å². The van der Waals surface area contributed by atoms with E-state index in [9.17, 15) is 14.7 Å². The summed E-state index contributed by atoms with van der Waals surface area (Å²) in [5, 5.41) is 16.3. The lowest BCUT2D eigenvalue weighted by Gasteiger charge is -2.32. The van der Waals surface area contributed by atoms with Crippen LogP contribution < -0.4 is 10.6 Å². The van der Waals surface area contributed by atoms with Crippen molar-refractivity contribution in [2.45, 2.75) is 25.7 Å². The van der Waals surface area contributed by atoms with Gasteiger partial charge in [-0.15, -0.1) is 0 Å². The number of hydrogen-bond donors (Lipinski definition) is 4. The molecule has 1 aliphatic heterocycles. The van der Waals surface area contributed by atoms with Gasteiger partial charge in [0.25, 0.3) is 5.91 Å². The van der Waals surface area contributed by atoms with E-state index in [0.29, 0.717) is 55.1 Å². The van der Waals surface area contributed by atoms with Crippen molar-refractivity contribution in [1.82, 2.24) is 25.2 Å². The zero-order chi connectivity index (χ0) is 25.8. The summed E-state index contributed by atoms with van der Waals surface area (Å²) in [6.45, 7) is 3.73. The van der Waals surface area contributed by atoms with Crippen LogP contribution in [0, 0.1) is 0 Å². The van der Waals surface area contributed by atoms with Crippen LogP contribution in [0.4, 0.5) is 5.82 Å². The highest BCUT2D eigenvalue weighted by molar-refractivity contribution is 6.00. The highest BCUT2D eigenvalue weighted by Gasteiger charge is 2.26. The average molecular weight is 499 g/mol. The minimum absolute atomic E-state index is 0.0624. The molecule has 1 fully saturated rings. The number of fused-ring (bicyclic) bond motifs is 1. The highest BCUT2D eigenvalue weighted by atomic mass is 16.3. The number of phenols is 1. The summed E-state index contributed by atoms with van der Waals surface area (Å²) in [6.07, 6.45) is 1.73. The second-order valence-electron chi connectivity index (χ2n) is 9.27. The van der Waals surface area contributed by atoms with Crippen LogP contribution in [-0.2, 0) is 4.79 Å². The topological polar surface area (TPSA) is 123 Å². The van der Waals surface area contributed by atoms with E-state index in [1.165, 1.54) is 12.5 Å². The monoisotopic (exact) mass is 498 g/mol. The summed E-state index contributed by atoms with van der Waals surface area (Å²) < 4.78 is 0. The Hall–Kier alpha value is -4.40. The SMILES string of the molecule is CC(=O)NCCNc1nc(-c2ccccc2)nc2[nH]c(C(=O)N3CCC(c4ccc(O)cc4)CC3)cc12. The standard InChI is InChI=1S/C28H30N6O3/c1-18(35)29-13-14-30-26-23-17-24(31-27(23)33-25(32-26)21-5-3-2-4-6-21)28(37)34-15-11-20(12-16-34)19-7-9-22(36)10-8-19/h2-10,17,20,36H,11-16H2,1H3,(H,29,35)(H2,30,31,32,33). The first-order valence-electron chi connectivity index (χ1n) is 12.5. The van der Waals surface area contributed by atoms with Gasteiger partial charge in [0, 0.05) is 38.7 Å². The van der Waals surface area contributed by atoms with E-state index in [0.717, 1.165) is 23.8 Å². The lowest BCUT2D eigenvalue weighted by Crippen LogP contribution is -2.38. The third-order valence-corrected chi connectivity index (χ3v) is 6.69. The highest BCUT2D eigenvalue weighted by Crippen LogP contribution is 2.31. The van der Waals surface area contributed by atoms with Crippen LogP contribution in [-0.4, -0.2) is 63.0 Å². The first-order valence-corrected chi connectivity index (χ1v) is 12.5. The molecule has 0 spiro atoms. The minimum atomic E-state index is -0.0941. The number of nitrogens with zero attached hydrogens (tertiary/aromatic N) is 3. The van der Waals surface area contributed by atoms with E-state index in [2.05, 4.69) is 15.6 Å². The van der Waals surface area contributed by atoms with E-state index in [-0.39, 0.29) is 17.6 Å². The molecule has 0 unspecified atom stereocenters. The number of piperidine rings is 1. The molecule has 4 N–H and O–H groups in total. The molecule has 3 heterocycles. The molecule has 5 rings (SSSR count). The fourth-order valence-corrected chi connectivity index (χ4v) is 4.73. The summed E-state index contributed by atoms with van der Waals surface area (Å²) in [7, 11) is 0. The van der Waals surface area contributed by atoms with Gasteiger partial charge in [0.05, 0.1) is 5.39 Å². The Morgan fingerprint density at radius 2 is 1.76 bits per heavy atom. The molecule has 9 nitrogen and oxygen atoms in total. The number of anilines is 1. The van der Waals surface area contributed by atoms with Gasteiger partial charge in [-0.1, -0.05) is 42.5 Å². The summed E-state index contributed by atoms with van der Waals surface area (Å²) in [4.78, 5) is 39.2. The molecule has 4 aromatic rings. The lowest BCUT2D eigenvalue weighted by atomic mass is 9.89. The van der Waals surface area contributed by atoms with Crippen molar-refractivity contribution in [2.24, 2.45) is 0 Å². The quantitative estimate of drug-likeness (QED) is 0.287. The van der Waals surface area contributed by atoms with E-state index in [1.54, 1.807) is 18.2 Å². The Labute approximate surface area is 214 Å². The lowest BCUT2D eigenvalue weighted by molar-refractivity contribution is -0.118. The largest absolute Gasteiger partial charge is 0.508 e. The van der Waals surface area contributed by atoms with Crippen molar-refractivity contribution in [3.05, 3.63) is 71.9 Å². The van der Waals surface area contributed by atoms with E-state index >= 15 is 0 Å². The zero-order valence-corrected chi connectivity index (χ0v) is 20.7. The van der Waals surface area contributed by atoms with Crippen LogP contribution in [0.2, 0.25) is 0 Å². The number of aromatic nitrogens is 3. The van der Waals surface area contributed by atoms with Gasteiger partial charge in [-0.3, -0.25) is 9.59 Å². The molecule has 0 aliphatic carbocycles. The summed E-state index contributed by atoms with van der Waals surface area (Å²) in [6, 6.07) is 18.8. The molecule has 0 bridgehead atoms. The molecular formula is C28H30N6O3. The van der Waals surface area contributed by atoms with Crippen LogP contribution in [0.3, 0.4) is 0 Å². The molecule has 1 aliphatic rings. The Morgan fingerprint density at radius 3 is 2.46 bits per heavy atom. The fraction of sp³-hybridized carbons (Fsp3) is 0.286. The average Bonchev–Trinajstić information content (AvgIpc) is 3.36. The number of aromatic amines is 1. The maximum Gasteiger partial charge on any atom is 0.270 e. The summed E-state index contributed by atoms with van der Waals surface area (Å²) in [5.41, 5.74) is 3.11. The number of nitrogens with one attached hydrogen (secondary N) is 3. The second-order valence-corrected chi connectivity index (χ2v) is 9.27. The van der Waals surface area contributed by atoms with E-state index < -0.39 is 0 Å². The molecule has 0 radical (unpaired) electrons. The van der Waals surface area contributed by atoms with Crippen LogP contribution in [0.15, 0.2) is 60.7 Å². The molecule has 2 aromatic carbocycles. The van der Waals surface area contributed by atoms with Crippen molar-refractivity contribution < 1.29 is 14.7 Å². The smallest absolute Gasteiger partial charge is 0.270 e. The molecule has 190 valence electrons. The van der Waals surface area contributed by atoms with Gasteiger partial charge < -0.3 is 25.6 Å². The number of rotatable bonds is 7. The van der Waals surface area contributed by atoms with Gasteiger partial charge in [-0.05, 0) is 42.5 Å². The molecule has 1 saturated heterocycles. The number of amides is 2. The van der Waals surface area contributed by atoms with Crippen LogP contribution in [0.25, 0.3) is 22.4 Å². The molecule has 0 saturated carbocycles. The molecule has 2 amide bonds. The third-order valence-electron chi connectivity index (χ3n) is 6.69. The molecule has 37 heavy (non-hydrogen) atoms. The Kier molecular flexibility index (Phi) is 7.02. The van der Waals surface area contributed by atoms with Crippen molar-refractivity contribution in [3.8, 4) is 17.1 Å². The first kappa shape index (κ1) is 24.3. The Morgan fingerprint density at radius 1 is 1.03 bits per heavy atom. The van der Waals surface area contributed by atoms with Crippen LogP contribution in [0.1, 0.15) is 41.7 Å². The van der Waals surface area contributed by atoms with E-state index in [1.807, 2.05) is 47.4 Å². The van der Waals surface area contributed by atoms with Crippen LogP contribution >= 0.6 is 0 Å². The predicted octanol–water partition coefficient (Wildman–Crippen LogP) is 3.90. The number of carbonyl (C=O) groups is 2. The maximum absolute atomic E-state index is 13.4. The van der Waals surface area contributed by atoms with Gasteiger partial charge >= 0.3 is 0 Å². The molecule has 9 heteroatoms. The van der Waals surface area contributed by atoms with Crippen molar-refractivity contribution >= 4 is 28.7 Å². The number of likely N-dealkylation sites (tertiary alicyclic amines) is 1. The Bertz CT molecular complexity index is 1390. The molecule has 2 aromatic heterocycles. The predicted molar refractivity (Wildman–Crippen MR) is 142 cm³/mol. The van der Waals surface area contributed by atoms with Crippen LogP contribution in [0.5, 0.6) is 5.75 Å². The van der Waals surface area contributed by atoms with Crippen molar-refractivity contribution in [2.75, 3.05) is 31.5 Å². The van der Waals surface area contributed by atoms with E-state index in [4.69, 9.17) is 9.97 Å². The van der Waals surface area contributed by atoms with Crippen molar-refractivity contribution in [1.29, 1.82) is 0 Å². The fourth-order valence-electron chi connectivity index (χ4n) is 4.73. The number of benzene rings is 2. The van der Waals surface area contributed by atoms with Gasteiger partial charge in [-0.25, -0.2) is 9.97 Å². The third kappa shape index (κ3) is 5.55. The normalized spacial score (nSPS) is 14.0. The van der Waals surface area contributed by atoms with Gasteiger partial charge in [0.1, 0.15) is 22.9 Å². The van der Waals surface area contributed by atoms with Gasteiger partial charge in [-0.2, -0.15) is 0 Å². The summed E-state index contributed by atoms with van der Waals surface area (Å²) >= 11 is 0. The number of H-pyrrole nitrogens is 1.